The van der Waals surface area contributed by atoms with E-state index >= 15 is 0 Å². The van der Waals surface area contributed by atoms with E-state index < -0.39 is 0 Å². The lowest BCUT2D eigenvalue weighted by Gasteiger charge is -2.19. The van der Waals surface area contributed by atoms with E-state index in [1.165, 1.54) is 6.07 Å². The van der Waals surface area contributed by atoms with Gasteiger partial charge in [-0.05, 0) is 54.8 Å². The van der Waals surface area contributed by atoms with Gasteiger partial charge < -0.3 is 9.73 Å². The van der Waals surface area contributed by atoms with E-state index in [1.54, 1.807) is 18.6 Å². The highest BCUT2D eigenvalue weighted by Crippen LogP contribution is 2.23. The average molecular weight is 326 g/mol. The molecule has 0 aliphatic carbocycles. The maximum absolute atomic E-state index is 13.5. The number of halogens is 2. The summed E-state index contributed by atoms with van der Waals surface area (Å²) in [6, 6.07) is 7.03. The molecule has 1 aromatic carbocycles. The lowest BCUT2D eigenvalue weighted by atomic mass is 10.0. The van der Waals surface area contributed by atoms with Gasteiger partial charge in [0, 0.05) is 10.5 Å². The second kappa shape index (κ2) is 6.87. The van der Waals surface area contributed by atoms with E-state index in [2.05, 4.69) is 28.2 Å². The summed E-state index contributed by atoms with van der Waals surface area (Å²) in [6.07, 6.45) is 5.22. The van der Waals surface area contributed by atoms with Gasteiger partial charge >= 0.3 is 0 Å². The lowest BCUT2D eigenvalue weighted by molar-refractivity contribution is 0.516. The summed E-state index contributed by atoms with van der Waals surface area (Å²) in [6.45, 7) is 3.01. The summed E-state index contributed by atoms with van der Waals surface area (Å²) < 4.78 is 19.4. The first-order chi connectivity index (χ1) is 9.19. The van der Waals surface area contributed by atoms with E-state index in [0.29, 0.717) is 0 Å². The predicted molar refractivity (Wildman–Crippen MR) is 77.5 cm³/mol. The van der Waals surface area contributed by atoms with E-state index in [9.17, 15) is 4.39 Å². The zero-order valence-electron chi connectivity index (χ0n) is 10.8. The van der Waals surface area contributed by atoms with Crippen LogP contribution < -0.4 is 5.32 Å². The maximum Gasteiger partial charge on any atom is 0.124 e. The van der Waals surface area contributed by atoms with Crippen molar-refractivity contribution >= 4 is 15.9 Å². The summed E-state index contributed by atoms with van der Waals surface area (Å²) in [4.78, 5) is 0. The van der Waals surface area contributed by atoms with Gasteiger partial charge in [-0.15, -0.1) is 0 Å². The molecule has 0 aliphatic rings. The molecule has 0 bridgehead atoms. The number of benzene rings is 1. The van der Waals surface area contributed by atoms with Crippen LogP contribution in [0, 0.1) is 5.82 Å². The molecule has 0 amide bonds. The Morgan fingerprint density at radius 2 is 2.21 bits per heavy atom. The van der Waals surface area contributed by atoms with Gasteiger partial charge in [0.05, 0.1) is 12.5 Å². The van der Waals surface area contributed by atoms with Gasteiger partial charge in [0.1, 0.15) is 5.82 Å². The van der Waals surface area contributed by atoms with Crippen molar-refractivity contribution in [3.63, 3.8) is 0 Å². The lowest BCUT2D eigenvalue weighted by Crippen LogP contribution is -2.24. The molecule has 1 heterocycles. The molecule has 2 rings (SSSR count). The zero-order valence-corrected chi connectivity index (χ0v) is 12.4. The first-order valence-electron chi connectivity index (χ1n) is 6.39. The fourth-order valence-electron chi connectivity index (χ4n) is 2.05. The Kier molecular flexibility index (Phi) is 5.16. The quantitative estimate of drug-likeness (QED) is 0.847. The Bertz CT molecular complexity index is 493. The van der Waals surface area contributed by atoms with Gasteiger partial charge in [0.25, 0.3) is 0 Å². The van der Waals surface area contributed by atoms with Crippen LogP contribution >= 0.6 is 15.9 Å². The number of hydrogen-bond donors (Lipinski definition) is 1. The van der Waals surface area contributed by atoms with Crippen molar-refractivity contribution in [3.05, 3.63) is 58.2 Å². The van der Waals surface area contributed by atoms with Crippen LogP contribution in [0.1, 0.15) is 30.5 Å². The number of nitrogens with one attached hydrogen (secondary N) is 1. The van der Waals surface area contributed by atoms with Crippen LogP contribution in [0.4, 0.5) is 4.39 Å². The molecule has 0 spiro atoms. The van der Waals surface area contributed by atoms with E-state index in [0.717, 1.165) is 35.0 Å². The van der Waals surface area contributed by atoms with Gasteiger partial charge in [-0.3, -0.25) is 0 Å². The van der Waals surface area contributed by atoms with Crippen molar-refractivity contribution in [3.8, 4) is 0 Å². The minimum atomic E-state index is -0.222. The van der Waals surface area contributed by atoms with Crippen molar-refractivity contribution < 1.29 is 8.81 Å². The van der Waals surface area contributed by atoms with E-state index in [1.807, 2.05) is 12.1 Å². The van der Waals surface area contributed by atoms with Gasteiger partial charge in [-0.2, -0.15) is 0 Å². The molecule has 19 heavy (non-hydrogen) atoms. The van der Waals surface area contributed by atoms with Crippen molar-refractivity contribution in [2.45, 2.75) is 25.8 Å². The molecule has 0 saturated carbocycles. The van der Waals surface area contributed by atoms with Crippen LogP contribution in [-0.2, 0) is 6.42 Å². The molecule has 4 heteroatoms. The molecule has 1 aromatic heterocycles. The van der Waals surface area contributed by atoms with E-state index in [4.69, 9.17) is 4.42 Å². The maximum atomic E-state index is 13.5. The second-order valence-electron chi connectivity index (χ2n) is 4.55. The van der Waals surface area contributed by atoms with Crippen molar-refractivity contribution in [2.75, 3.05) is 6.54 Å². The standard InChI is InChI=1S/C15H17BrFNO/c1-2-4-18-15(6-11-3-5-19-10-11)12-7-13(16)9-14(17)8-12/h3,5,7-10,15,18H,2,4,6H2,1H3. The average Bonchev–Trinajstić information content (AvgIpc) is 2.86. The van der Waals surface area contributed by atoms with Crippen LogP contribution in [0.15, 0.2) is 45.7 Å². The molecule has 2 aromatic rings. The summed E-state index contributed by atoms with van der Waals surface area (Å²) in [5.41, 5.74) is 2.05. The highest BCUT2D eigenvalue weighted by Gasteiger charge is 2.14. The molecule has 0 radical (unpaired) electrons. The molecule has 102 valence electrons. The third-order valence-electron chi connectivity index (χ3n) is 2.95. The van der Waals surface area contributed by atoms with Gasteiger partial charge in [-0.25, -0.2) is 4.39 Å². The van der Waals surface area contributed by atoms with Crippen LogP contribution in [0.25, 0.3) is 0 Å². The third kappa shape index (κ3) is 4.18. The Labute approximate surface area is 121 Å². The zero-order chi connectivity index (χ0) is 13.7. The molecular formula is C15H17BrFNO. The smallest absolute Gasteiger partial charge is 0.124 e. The van der Waals surface area contributed by atoms with Crippen LogP contribution in [0.2, 0.25) is 0 Å². The monoisotopic (exact) mass is 325 g/mol. The molecule has 0 fully saturated rings. The van der Waals surface area contributed by atoms with Crippen molar-refractivity contribution in [2.24, 2.45) is 0 Å². The minimum Gasteiger partial charge on any atom is -0.472 e. The normalized spacial score (nSPS) is 12.6. The molecule has 2 nitrogen and oxygen atoms in total. The Morgan fingerprint density at radius 1 is 1.37 bits per heavy atom. The Balaban J connectivity index is 2.20. The molecule has 1 atom stereocenters. The first kappa shape index (κ1) is 14.3. The Morgan fingerprint density at radius 3 is 2.84 bits per heavy atom. The first-order valence-corrected chi connectivity index (χ1v) is 7.18. The summed E-state index contributed by atoms with van der Waals surface area (Å²) >= 11 is 3.34. The predicted octanol–water partition coefficient (Wildman–Crippen LogP) is 4.46. The minimum absolute atomic E-state index is 0.0875. The van der Waals surface area contributed by atoms with Crippen molar-refractivity contribution in [1.29, 1.82) is 0 Å². The summed E-state index contributed by atoms with van der Waals surface area (Å²) in [5, 5.41) is 3.45. The van der Waals surface area contributed by atoms with Crippen LogP contribution in [-0.4, -0.2) is 6.54 Å². The molecule has 0 saturated heterocycles. The number of furan rings is 1. The largest absolute Gasteiger partial charge is 0.472 e. The molecule has 1 unspecified atom stereocenters. The van der Waals surface area contributed by atoms with Gasteiger partial charge in [0.15, 0.2) is 0 Å². The van der Waals surface area contributed by atoms with Gasteiger partial charge in [0.2, 0.25) is 0 Å². The van der Waals surface area contributed by atoms with Crippen LogP contribution in [0.5, 0.6) is 0 Å². The fourth-order valence-corrected chi connectivity index (χ4v) is 2.53. The summed E-state index contributed by atoms with van der Waals surface area (Å²) in [5.74, 6) is -0.222. The fraction of sp³-hybridized carbons (Fsp3) is 0.333. The molecule has 0 aliphatic heterocycles. The van der Waals surface area contributed by atoms with Gasteiger partial charge in [-0.1, -0.05) is 22.9 Å². The SMILES string of the molecule is CCCNC(Cc1ccoc1)c1cc(F)cc(Br)c1. The Hall–Kier alpha value is -1.13. The van der Waals surface area contributed by atoms with Crippen molar-refractivity contribution in [1.82, 2.24) is 5.32 Å². The van der Waals surface area contributed by atoms with E-state index in [-0.39, 0.29) is 11.9 Å². The topological polar surface area (TPSA) is 25.2 Å². The molecule has 1 N–H and O–H groups in total. The van der Waals surface area contributed by atoms with Crippen LogP contribution in [0.3, 0.4) is 0 Å². The summed E-state index contributed by atoms with van der Waals surface area (Å²) in [7, 11) is 0. The third-order valence-corrected chi connectivity index (χ3v) is 3.41. The molecular weight excluding hydrogens is 309 g/mol. The highest BCUT2D eigenvalue weighted by atomic mass is 79.9. The second-order valence-corrected chi connectivity index (χ2v) is 5.46. The highest BCUT2D eigenvalue weighted by molar-refractivity contribution is 9.10. The number of hydrogen-bond acceptors (Lipinski definition) is 2. The number of rotatable bonds is 6.